The number of hydrogen-bond acceptors (Lipinski definition) is 4. The fourth-order valence-corrected chi connectivity index (χ4v) is 2.72. The fraction of sp³-hybridized carbons (Fsp3) is 0.500. The van der Waals surface area contributed by atoms with Gasteiger partial charge in [0.2, 0.25) is 0 Å². The largest absolute Gasteiger partial charge is 0.387 e. The second kappa shape index (κ2) is 19.9. The first kappa shape index (κ1) is 26.2. The first-order chi connectivity index (χ1) is 13.6. The molecule has 0 saturated carbocycles. The lowest BCUT2D eigenvalue weighted by atomic mass is 10.1. The molecule has 0 aromatic heterocycles. The van der Waals surface area contributed by atoms with Crippen LogP contribution in [-0.4, -0.2) is 17.7 Å². The van der Waals surface area contributed by atoms with Gasteiger partial charge in [-0.15, -0.1) is 0 Å². The Balaban J connectivity index is 0.000000414. The van der Waals surface area contributed by atoms with E-state index >= 15 is 0 Å². The van der Waals surface area contributed by atoms with Gasteiger partial charge in [-0.1, -0.05) is 108 Å². The van der Waals surface area contributed by atoms with E-state index in [1.165, 1.54) is 69.8 Å². The number of thiol groups is 1. The molecule has 4 heteroatoms. The molecule has 0 aliphatic carbocycles. The van der Waals surface area contributed by atoms with E-state index in [0.29, 0.717) is 0 Å². The molecule has 156 valence electrons. The Bertz CT molecular complexity index is 526. The molecular weight excluding hydrogens is 368 g/mol. The van der Waals surface area contributed by atoms with Crippen LogP contribution in [0.15, 0.2) is 49.1 Å². The van der Waals surface area contributed by atoms with E-state index in [4.69, 9.17) is 0 Å². The third-order valence-corrected chi connectivity index (χ3v) is 4.42. The monoisotopic (exact) mass is 404 g/mol. The number of unbranched alkanes of at least 4 members (excludes halogenated alkanes) is 9. The zero-order valence-corrected chi connectivity index (χ0v) is 18.2. The van der Waals surface area contributed by atoms with Crippen LogP contribution in [-0.2, 0) is 14.3 Å². The van der Waals surface area contributed by atoms with Gasteiger partial charge in [0.25, 0.3) is 0 Å². The molecule has 2 rings (SSSR count). The SMILES string of the molecule is C=Cc1ccccc1.CCCCCCCCCCCCS.O=C1C=CC(=O)O1. The van der Waals surface area contributed by atoms with Gasteiger partial charge in [-0.3, -0.25) is 0 Å². The molecule has 0 fully saturated rings. The molecule has 0 bridgehead atoms. The molecule has 0 atom stereocenters. The van der Waals surface area contributed by atoms with E-state index in [1.54, 1.807) is 0 Å². The zero-order valence-electron chi connectivity index (χ0n) is 17.3. The van der Waals surface area contributed by atoms with Crippen molar-refractivity contribution in [1.29, 1.82) is 0 Å². The van der Waals surface area contributed by atoms with Gasteiger partial charge < -0.3 is 4.74 Å². The normalized spacial score (nSPS) is 11.8. The number of carbonyl (C=O) groups excluding carboxylic acids is 2. The van der Waals surface area contributed by atoms with Gasteiger partial charge in [0.1, 0.15) is 0 Å². The van der Waals surface area contributed by atoms with Crippen LogP contribution < -0.4 is 0 Å². The molecule has 28 heavy (non-hydrogen) atoms. The topological polar surface area (TPSA) is 43.4 Å². The van der Waals surface area contributed by atoms with Crippen molar-refractivity contribution in [3.05, 3.63) is 54.6 Å². The smallest absolute Gasteiger partial charge is 0.338 e. The van der Waals surface area contributed by atoms with Crippen LogP contribution in [0.3, 0.4) is 0 Å². The number of carbonyl (C=O) groups is 2. The molecule has 0 spiro atoms. The van der Waals surface area contributed by atoms with E-state index in [9.17, 15) is 9.59 Å². The van der Waals surface area contributed by atoms with Crippen molar-refractivity contribution in [3.63, 3.8) is 0 Å². The number of esters is 2. The predicted octanol–water partition coefficient (Wildman–Crippen LogP) is 6.79. The standard InChI is InChI=1S/C12H26S.C8H8.C4H2O3/c1-2-3-4-5-6-7-8-9-10-11-12-13;1-2-8-6-4-3-5-7-8;5-3-1-2-4(6)7-3/h13H,2-12H2,1H3;2-7H,1H2;1-2H. The van der Waals surface area contributed by atoms with Crippen LogP contribution in [0.2, 0.25) is 0 Å². The molecule has 1 aliphatic rings. The highest BCUT2D eigenvalue weighted by molar-refractivity contribution is 7.80. The zero-order chi connectivity index (χ0) is 20.9. The van der Waals surface area contributed by atoms with Crippen molar-refractivity contribution >= 4 is 30.6 Å². The van der Waals surface area contributed by atoms with Crippen LogP contribution in [0, 0.1) is 0 Å². The number of rotatable bonds is 11. The van der Waals surface area contributed by atoms with E-state index in [0.717, 1.165) is 17.9 Å². The maximum absolute atomic E-state index is 9.92. The first-order valence-electron chi connectivity index (χ1n) is 10.4. The van der Waals surface area contributed by atoms with E-state index in [2.05, 4.69) is 30.9 Å². The summed E-state index contributed by atoms with van der Waals surface area (Å²) in [5.41, 5.74) is 1.17. The summed E-state index contributed by atoms with van der Waals surface area (Å²) in [5, 5.41) is 0. The van der Waals surface area contributed by atoms with Crippen LogP contribution in [0.25, 0.3) is 6.08 Å². The van der Waals surface area contributed by atoms with Gasteiger partial charge >= 0.3 is 11.9 Å². The lowest BCUT2D eigenvalue weighted by Gasteiger charge is -2.00. The maximum Gasteiger partial charge on any atom is 0.338 e. The Morgan fingerprint density at radius 1 is 0.821 bits per heavy atom. The van der Waals surface area contributed by atoms with Crippen molar-refractivity contribution < 1.29 is 14.3 Å². The minimum Gasteiger partial charge on any atom is -0.387 e. The number of hydrogen-bond donors (Lipinski definition) is 1. The van der Waals surface area contributed by atoms with E-state index in [-0.39, 0.29) is 0 Å². The summed E-state index contributed by atoms with van der Waals surface area (Å²) in [6.45, 7) is 5.91. The van der Waals surface area contributed by atoms with Gasteiger partial charge in [0.05, 0.1) is 0 Å². The van der Waals surface area contributed by atoms with Gasteiger partial charge in [-0.25, -0.2) is 9.59 Å². The molecular formula is C24H36O3S. The van der Waals surface area contributed by atoms with Crippen molar-refractivity contribution in [1.82, 2.24) is 0 Å². The third kappa shape index (κ3) is 17.6. The molecule has 0 unspecified atom stereocenters. The minimum atomic E-state index is -0.579. The Morgan fingerprint density at radius 3 is 1.61 bits per heavy atom. The highest BCUT2D eigenvalue weighted by Gasteiger charge is 2.10. The molecule has 1 aromatic rings. The molecule has 1 heterocycles. The van der Waals surface area contributed by atoms with Gasteiger partial charge in [0.15, 0.2) is 0 Å². The van der Waals surface area contributed by atoms with Crippen molar-refractivity contribution in [2.45, 2.75) is 71.1 Å². The summed E-state index contributed by atoms with van der Waals surface area (Å²) in [6.07, 6.45) is 18.2. The maximum atomic E-state index is 9.92. The molecule has 0 N–H and O–H groups in total. The predicted molar refractivity (Wildman–Crippen MR) is 122 cm³/mol. The molecule has 3 nitrogen and oxygen atoms in total. The van der Waals surface area contributed by atoms with Crippen molar-refractivity contribution in [2.75, 3.05) is 5.75 Å². The number of cyclic esters (lactones) is 2. The summed E-state index contributed by atoms with van der Waals surface area (Å²) < 4.78 is 3.97. The summed E-state index contributed by atoms with van der Waals surface area (Å²) in [7, 11) is 0. The average Bonchev–Trinajstić information content (AvgIpc) is 3.11. The second-order valence-electron chi connectivity index (χ2n) is 6.59. The summed E-state index contributed by atoms with van der Waals surface area (Å²) in [6, 6.07) is 10.0. The lowest BCUT2D eigenvalue weighted by molar-refractivity contribution is -0.150. The summed E-state index contributed by atoms with van der Waals surface area (Å²) in [5.74, 6) is -0.0914. The van der Waals surface area contributed by atoms with Gasteiger partial charge in [-0.05, 0) is 17.7 Å². The molecule has 0 saturated heterocycles. The minimum absolute atomic E-state index is 0.579. The van der Waals surface area contributed by atoms with Crippen LogP contribution in [0.1, 0.15) is 76.7 Å². The lowest BCUT2D eigenvalue weighted by Crippen LogP contribution is -1.96. The summed E-state index contributed by atoms with van der Waals surface area (Å²) in [4.78, 5) is 19.8. The fourth-order valence-electron chi connectivity index (χ4n) is 2.49. The molecule has 1 aromatic carbocycles. The van der Waals surface area contributed by atoms with E-state index in [1.807, 2.05) is 36.4 Å². The number of ether oxygens (including phenoxy) is 1. The van der Waals surface area contributed by atoms with Crippen molar-refractivity contribution in [2.24, 2.45) is 0 Å². The summed E-state index contributed by atoms with van der Waals surface area (Å²) >= 11 is 4.20. The first-order valence-corrected chi connectivity index (χ1v) is 11.0. The Hall–Kier alpha value is -1.81. The van der Waals surface area contributed by atoms with Crippen LogP contribution >= 0.6 is 12.6 Å². The van der Waals surface area contributed by atoms with E-state index < -0.39 is 11.9 Å². The third-order valence-electron chi connectivity index (χ3n) is 4.10. The van der Waals surface area contributed by atoms with Crippen LogP contribution in [0.4, 0.5) is 0 Å². The number of benzene rings is 1. The Labute approximate surface area is 176 Å². The quantitative estimate of drug-likeness (QED) is 0.191. The average molecular weight is 405 g/mol. The van der Waals surface area contributed by atoms with Gasteiger partial charge in [-0.2, -0.15) is 12.6 Å². The second-order valence-corrected chi connectivity index (χ2v) is 7.04. The molecule has 1 aliphatic heterocycles. The van der Waals surface area contributed by atoms with Crippen LogP contribution in [0.5, 0.6) is 0 Å². The van der Waals surface area contributed by atoms with Gasteiger partial charge in [0, 0.05) is 12.2 Å². The highest BCUT2D eigenvalue weighted by Crippen LogP contribution is 2.10. The van der Waals surface area contributed by atoms with Crippen molar-refractivity contribution in [3.8, 4) is 0 Å². The highest BCUT2D eigenvalue weighted by atomic mass is 32.1. The Morgan fingerprint density at radius 2 is 1.29 bits per heavy atom. The molecule has 0 radical (unpaired) electrons. The molecule has 0 amide bonds. The Kier molecular flexibility index (Phi) is 18.6.